The summed E-state index contributed by atoms with van der Waals surface area (Å²) >= 11 is 0. The summed E-state index contributed by atoms with van der Waals surface area (Å²) in [5.41, 5.74) is 9.00. The highest BCUT2D eigenvalue weighted by Gasteiger charge is 2.29. The lowest BCUT2D eigenvalue weighted by Crippen LogP contribution is -2.55. The summed E-state index contributed by atoms with van der Waals surface area (Å²) in [4.78, 5) is 39.5. The largest absolute Gasteiger partial charge is 0.459 e. The van der Waals surface area contributed by atoms with Crippen molar-refractivity contribution in [2.45, 2.75) is 64.3 Å². The normalized spacial score (nSPS) is 13.2. The third-order valence-electron chi connectivity index (χ3n) is 6.37. The zero-order chi connectivity index (χ0) is 28.0. The van der Waals surface area contributed by atoms with Crippen molar-refractivity contribution in [3.05, 3.63) is 108 Å². The average Bonchev–Trinajstić information content (AvgIpc) is 2.95. The lowest BCUT2D eigenvalue weighted by atomic mass is 10.00. The van der Waals surface area contributed by atoms with Crippen LogP contribution in [0.3, 0.4) is 0 Å². The summed E-state index contributed by atoms with van der Waals surface area (Å²) in [6.07, 6.45) is 1.77. The number of carbonyl (C=O) groups excluding carboxylic acids is 3. The Balaban J connectivity index is 1.66. The number of carbonyl (C=O) groups is 3. The topological polar surface area (TPSA) is 111 Å². The Morgan fingerprint density at radius 1 is 0.718 bits per heavy atom. The van der Waals surface area contributed by atoms with Gasteiger partial charge in [-0.3, -0.25) is 9.59 Å². The van der Waals surface area contributed by atoms with Crippen molar-refractivity contribution in [1.82, 2.24) is 10.6 Å². The van der Waals surface area contributed by atoms with Gasteiger partial charge in [-0.1, -0.05) is 105 Å². The molecule has 0 unspecified atom stereocenters. The molecule has 0 saturated carbocycles. The van der Waals surface area contributed by atoms with Crippen LogP contribution in [0.15, 0.2) is 91.0 Å². The molecule has 7 heteroatoms. The first-order valence-corrected chi connectivity index (χ1v) is 13.5. The first-order chi connectivity index (χ1) is 18.8. The van der Waals surface area contributed by atoms with Gasteiger partial charge in [0.1, 0.15) is 18.7 Å². The minimum Gasteiger partial charge on any atom is -0.459 e. The molecule has 3 rings (SSSR count). The molecule has 0 aromatic heterocycles. The summed E-state index contributed by atoms with van der Waals surface area (Å²) in [5.74, 6) is -1.24. The minimum absolute atomic E-state index is 0.100. The Hall–Kier alpha value is -3.97. The van der Waals surface area contributed by atoms with Crippen LogP contribution in [0.2, 0.25) is 0 Å². The molecule has 3 aromatic rings. The van der Waals surface area contributed by atoms with Gasteiger partial charge in [-0.05, 0) is 41.9 Å². The molecule has 0 heterocycles. The first kappa shape index (κ1) is 29.6. The highest BCUT2D eigenvalue weighted by molar-refractivity contribution is 5.92. The molecule has 0 aliphatic heterocycles. The molecular weight excluding hydrogens is 490 g/mol. The predicted molar refractivity (Wildman–Crippen MR) is 152 cm³/mol. The lowest BCUT2D eigenvalue weighted by Gasteiger charge is -2.25. The molecule has 4 N–H and O–H groups in total. The lowest BCUT2D eigenvalue weighted by molar-refractivity contribution is -0.149. The second kappa shape index (κ2) is 15.4. The number of rotatable bonds is 14. The number of hydrogen-bond acceptors (Lipinski definition) is 5. The summed E-state index contributed by atoms with van der Waals surface area (Å²) in [6.45, 7) is 4.04. The smallest absolute Gasteiger partial charge is 0.329 e. The Labute approximate surface area is 231 Å². The van der Waals surface area contributed by atoms with E-state index in [4.69, 9.17) is 10.5 Å². The Bertz CT molecular complexity index is 1170. The van der Waals surface area contributed by atoms with E-state index in [-0.39, 0.29) is 18.9 Å². The van der Waals surface area contributed by atoms with Gasteiger partial charge in [-0.25, -0.2) is 4.79 Å². The van der Waals surface area contributed by atoms with Crippen molar-refractivity contribution in [2.24, 2.45) is 11.7 Å². The van der Waals surface area contributed by atoms with Crippen LogP contribution in [0.1, 0.15) is 43.4 Å². The van der Waals surface area contributed by atoms with E-state index in [0.717, 1.165) is 16.7 Å². The quantitative estimate of drug-likeness (QED) is 0.274. The fourth-order valence-corrected chi connectivity index (χ4v) is 4.22. The molecule has 39 heavy (non-hydrogen) atoms. The van der Waals surface area contributed by atoms with E-state index in [0.29, 0.717) is 19.3 Å². The number of benzene rings is 3. The fraction of sp³-hybridized carbons (Fsp3) is 0.344. The van der Waals surface area contributed by atoms with Crippen molar-refractivity contribution in [3.8, 4) is 0 Å². The van der Waals surface area contributed by atoms with Gasteiger partial charge in [0.25, 0.3) is 0 Å². The third kappa shape index (κ3) is 10.4. The zero-order valence-electron chi connectivity index (χ0n) is 22.7. The summed E-state index contributed by atoms with van der Waals surface area (Å²) in [5, 5.41) is 5.66. The number of ether oxygens (including phenoxy) is 1. The minimum atomic E-state index is -0.915. The van der Waals surface area contributed by atoms with Crippen molar-refractivity contribution in [2.75, 3.05) is 0 Å². The van der Waals surface area contributed by atoms with E-state index >= 15 is 0 Å². The highest BCUT2D eigenvalue weighted by atomic mass is 16.5. The van der Waals surface area contributed by atoms with Crippen LogP contribution in [0.5, 0.6) is 0 Å². The van der Waals surface area contributed by atoms with Crippen LogP contribution >= 0.6 is 0 Å². The van der Waals surface area contributed by atoms with E-state index < -0.39 is 35.9 Å². The Morgan fingerprint density at radius 2 is 1.23 bits per heavy atom. The fourth-order valence-electron chi connectivity index (χ4n) is 4.22. The standard InChI is InChI=1S/C32H39N3O4/c1-23(2)20-28(34-30(36)27(33)19-18-24-12-6-3-7-13-24)31(37)35-29(21-25-14-8-4-9-15-25)32(38)39-22-26-16-10-5-11-17-26/h3-17,23,27-29H,18-22,33H2,1-2H3,(H,34,36)(H,35,37)/t27-,28-,29-/m0/s1. The third-order valence-corrected chi connectivity index (χ3v) is 6.37. The summed E-state index contributed by atoms with van der Waals surface area (Å²) in [7, 11) is 0. The number of amides is 2. The van der Waals surface area contributed by atoms with Crippen LogP contribution in [0.4, 0.5) is 0 Å². The molecular formula is C32H39N3O4. The molecule has 2 amide bonds. The average molecular weight is 530 g/mol. The molecule has 0 aliphatic rings. The maximum atomic E-state index is 13.4. The number of aryl methyl sites for hydroxylation is 1. The molecule has 0 aliphatic carbocycles. The van der Waals surface area contributed by atoms with Gasteiger partial charge in [-0.2, -0.15) is 0 Å². The van der Waals surface area contributed by atoms with Crippen molar-refractivity contribution < 1.29 is 19.1 Å². The van der Waals surface area contributed by atoms with E-state index in [2.05, 4.69) is 10.6 Å². The van der Waals surface area contributed by atoms with Crippen molar-refractivity contribution >= 4 is 17.8 Å². The number of esters is 1. The van der Waals surface area contributed by atoms with Crippen molar-refractivity contribution in [3.63, 3.8) is 0 Å². The summed E-state index contributed by atoms with van der Waals surface area (Å²) < 4.78 is 5.56. The van der Waals surface area contributed by atoms with Crippen LogP contribution in [-0.2, 0) is 38.6 Å². The maximum absolute atomic E-state index is 13.4. The molecule has 0 saturated heterocycles. The molecule has 7 nitrogen and oxygen atoms in total. The SMILES string of the molecule is CC(C)C[C@H](NC(=O)[C@@H](N)CCc1ccccc1)C(=O)N[C@@H](Cc1ccccc1)C(=O)OCc1ccccc1. The van der Waals surface area contributed by atoms with E-state index in [1.807, 2.05) is 105 Å². The molecule has 0 bridgehead atoms. The van der Waals surface area contributed by atoms with Gasteiger partial charge < -0.3 is 21.1 Å². The van der Waals surface area contributed by atoms with Gasteiger partial charge in [-0.15, -0.1) is 0 Å². The number of nitrogens with two attached hydrogens (primary N) is 1. The predicted octanol–water partition coefficient (Wildman–Crippen LogP) is 3.95. The molecule has 0 spiro atoms. The molecule has 3 atom stereocenters. The number of hydrogen-bond donors (Lipinski definition) is 3. The monoisotopic (exact) mass is 529 g/mol. The molecule has 206 valence electrons. The maximum Gasteiger partial charge on any atom is 0.329 e. The van der Waals surface area contributed by atoms with Crippen LogP contribution < -0.4 is 16.4 Å². The Morgan fingerprint density at radius 3 is 1.79 bits per heavy atom. The molecule has 0 radical (unpaired) electrons. The van der Waals surface area contributed by atoms with Gasteiger partial charge >= 0.3 is 5.97 Å². The number of nitrogens with one attached hydrogen (secondary N) is 2. The van der Waals surface area contributed by atoms with E-state index in [1.165, 1.54) is 0 Å². The first-order valence-electron chi connectivity index (χ1n) is 13.5. The summed E-state index contributed by atoms with van der Waals surface area (Å²) in [6, 6.07) is 26.1. The molecule has 3 aromatic carbocycles. The van der Waals surface area contributed by atoms with Crippen LogP contribution in [0.25, 0.3) is 0 Å². The van der Waals surface area contributed by atoms with E-state index in [1.54, 1.807) is 0 Å². The second-order valence-corrected chi connectivity index (χ2v) is 10.2. The Kier molecular flexibility index (Phi) is 11.7. The highest BCUT2D eigenvalue weighted by Crippen LogP contribution is 2.11. The zero-order valence-corrected chi connectivity index (χ0v) is 22.7. The van der Waals surface area contributed by atoms with Gasteiger partial charge in [0.15, 0.2) is 0 Å². The van der Waals surface area contributed by atoms with Crippen LogP contribution in [0, 0.1) is 5.92 Å². The van der Waals surface area contributed by atoms with Crippen LogP contribution in [-0.4, -0.2) is 35.9 Å². The second-order valence-electron chi connectivity index (χ2n) is 10.2. The van der Waals surface area contributed by atoms with Gasteiger partial charge in [0, 0.05) is 6.42 Å². The van der Waals surface area contributed by atoms with Gasteiger partial charge in [0.05, 0.1) is 6.04 Å². The molecule has 0 fully saturated rings. The van der Waals surface area contributed by atoms with E-state index in [9.17, 15) is 14.4 Å². The van der Waals surface area contributed by atoms with Crippen molar-refractivity contribution in [1.29, 1.82) is 0 Å². The van der Waals surface area contributed by atoms with Gasteiger partial charge in [0.2, 0.25) is 11.8 Å².